The van der Waals surface area contributed by atoms with E-state index in [1.807, 2.05) is 24.4 Å². The highest BCUT2D eigenvalue weighted by Crippen LogP contribution is 2.26. The van der Waals surface area contributed by atoms with E-state index in [9.17, 15) is 4.79 Å². The number of H-pyrrole nitrogens is 1. The van der Waals surface area contributed by atoms with Crippen molar-refractivity contribution in [3.05, 3.63) is 32.1 Å². The quantitative estimate of drug-likeness (QED) is 0.748. The summed E-state index contributed by atoms with van der Waals surface area (Å²) in [4.78, 5) is 16.0. The molecule has 2 nitrogen and oxygen atoms in total. The lowest BCUT2D eigenvalue weighted by Gasteiger charge is -1.91. The summed E-state index contributed by atoms with van der Waals surface area (Å²) in [5.74, 6) is 0. The molecule has 0 atom stereocenters. The first-order chi connectivity index (χ1) is 5.77. The van der Waals surface area contributed by atoms with Gasteiger partial charge in [0.15, 0.2) is 0 Å². The zero-order valence-corrected chi connectivity index (χ0v) is 8.09. The molecule has 0 amide bonds. The average molecular weight is 197 g/mol. The van der Waals surface area contributed by atoms with Crippen LogP contribution < -0.4 is 4.87 Å². The van der Waals surface area contributed by atoms with Gasteiger partial charge in [0, 0.05) is 4.88 Å². The zero-order valence-electron chi connectivity index (χ0n) is 6.46. The number of nitrogens with one attached hydrogen (secondary N) is 1. The fraction of sp³-hybridized carbons (Fsp3) is 0.125. The highest BCUT2D eigenvalue weighted by molar-refractivity contribution is 7.14. The monoisotopic (exact) mass is 197 g/mol. The molecular weight excluding hydrogens is 190 g/mol. The van der Waals surface area contributed by atoms with Crippen LogP contribution >= 0.6 is 22.7 Å². The SMILES string of the molecule is Cc1sc(=O)[nH]c1-c1cccs1. The van der Waals surface area contributed by atoms with Gasteiger partial charge in [0.2, 0.25) is 0 Å². The Bertz CT molecular complexity index is 424. The van der Waals surface area contributed by atoms with Gasteiger partial charge in [-0.05, 0) is 18.4 Å². The maximum Gasteiger partial charge on any atom is 0.305 e. The largest absolute Gasteiger partial charge is 0.311 e. The number of hydrogen-bond acceptors (Lipinski definition) is 3. The van der Waals surface area contributed by atoms with Crippen LogP contribution in [-0.4, -0.2) is 4.98 Å². The minimum Gasteiger partial charge on any atom is -0.311 e. The molecule has 0 bridgehead atoms. The smallest absolute Gasteiger partial charge is 0.305 e. The predicted octanol–water partition coefficient (Wildman–Crippen LogP) is 2.47. The molecular formula is C8H7NOS2. The lowest BCUT2D eigenvalue weighted by atomic mass is 10.3. The van der Waals surface area contributed by atoms with Gasteiger partial charge in [0.05, 0.1) is 10.6 Å². The van der Waals surface area contributed by atoms with E-state index in [1.54, 1.807) is 11.3 Å². The summed E-state index contributed by atoms with van der Waals surface area (Å²) in [6.07, 6.45) is 0. The molecule has 0 radical (unpaired) electrons. The molecule has 0 saturated carbocycles. The summed E-state index contributed by atoms with van der Waals surface area (Å²) < 4.78 is 0. The van der Waals surface area contributed by atoms with E-state index in [1.165, 1.54) is 11.3 Å². The van der Waals surface area contributed by atoms with Gasteiger partial charge < -0.3 is 4.98 Å². The highest BCUT2D eigenvalue weighted by Gasteiger charge is 2.05. The summed E-state index contributed by atoms with van der Waals surface area (Å²) in [6, 6.07) is 3.99. The normalized spacial score (nSPS) is 10.4. The molecule has 0 aromatic carbocycles. The first kappa shape index (κ1) is 7.76. The molecule has 1 N–H and O–H groups in total. The van der Waals surface area contributed by atoms with Crippen LogP contribution in [0, 0.1) is 6.92 Å². The van der Waals surface area contributed by atoms with E-state index in [0.717, 1.165) is 15.4 Å². The van der Waals surface area contributed by atoms with Crippen LogP contribution in [0.4, 0.5) is 0 Å². The lowest BCUT2D eigenvalue weighted by Crippen LogP contribution is -1.91. The Hall–Kier alpha value is -0.870. The number of rotatable bonds is 1. The third-order valence-electron chi connectivity index (χ3n) is 1.59. The Morgan fingerprint density at radius 1 is 1.50 bits per heavy atom. The summed E-state index contributed by atoms with van der Waals surface area (Å²) in [5, 5.41) is 2.00. The summed E-state index contributed by atoms with van der Waals surface area (Å²) in [6.45, 7) is 1.96. The van der Waals surface area contributed by atoms with E-state index >= 15 is 0 Å². The molecule has 0 unspecified atom stereocenters. The number of aromatic nitrogens is 1. The van der Waals surface area contributed by atoms with E-state index in [-0.39, 0.29) is 4.87 Å². The van der Waals surface area contributed by atoms with Crippen LogP contribution in [0.5, 0.6) is 0 Å². The highest BCUT2D eigenvalue weighted by atomic mass is 32.1. The van der Waals surface area contributed by atoms with Gasteiger partial charge in [-0.25, -0.2) is 0 Å². The second-order valence-electron chi connectivity index (χ2n) is 2.42. The van der Waals surface area contributed by atoms with Crippen LogP contribution in [0.1, 0.15) is 4.88 Å². The molecule has 4 heteroatoms. The molecule has 2 rings (SSSR count). The van der Waals surface area contributed by atoms with Crippen molar-refractivity contribution < 1.29 is 0 Å². The van der Waals surface area contributed by atoms with Crippen molar-refractivity contribution in [2.24, 2.45) is 0 Å². The fourth-order valence-electron chi connectivity index (χ4n) is 1.06. The van der Waals surface area contributed by atoms with Gasteiger partial charge in [0.1, 0.15) is 0 Å². The first-order valence-corrected chi connectivity index (χ1v) is 5.20. The Kier molecular flexibility index (Phi) is 1.86. The van der Waals surface area contributed by atoms with Gasteiger partial charge in [-0.2, -0.15) is 0 Å². The molecule has 0 spiro atoms. The third-order valence-corrected chi connectivity index (χ3v) is 3.28. The van der Waals surface area contributed by atoms with Gasteiger partial charge >= 0.3 is 4.87 Å². The van der Waals surface area contributed by atoms with E-state index in [0.29, 0.717) is 0 Å². The molecule has 0 fully saturated rings. The van der Waals surface area contributed by atoms with Gasteiger partial charge in [0.25, 0.3) is 0 Å². The van der Waals surface area contributed by atoms with Crippen molar-refractivity contribution in [1.29, 1.82) is 0 Å². The second kappa shape index (κ2) is 2.88. The minimum absolute atomic E-state index is 0.0240. The standard InChI is InChI=1S/C8H7NOS2/c1-5-7(9-8(10)12-5)6-3-2-4-11-6/h2-4H,1H3,(H,9,10). The Morgan fingerprint density at radius 3 is 2.83 bits per heavy atom. The van der Waals surface area contributed by atoms with Gasteiger partial charge in [-0.3, -0.25) is 4.79 Å². The zero-order chi connectivity index (χ0) is 8.55. The van der Waals surface area contributed by atoms with Crippen LogP contribution in [0.2, 0.25) is 0 Å². The summed E-state index contributed by atoms with van der Waals surface area (Å²) in [5.41, 5.74) is 0.972. The van der Waals surface area contributed by atoms with Crippen LogP contribution in [0.3, 0.4) is 0 Å². The molecule has 0 saturated heterocycles. The topological polar surface area (TPSA) is 32.9 Å². The Morgan fingerprint density at radius 2 is 2.33 bits per heavy atom. The first-order valence-electron chi connectivity index (χ1n) is 3.51. The number of thiazole rings is 1. The number of aryl methyl sites for hydroxylation is 1. The average Bonchev–Trinajstić information content (AvgIpc) is 2.58. The molecule has 62 valence electrons. The lowest BCUT2D eigenvalue weighted by molar-refractivity contribution is 1.33. The van der Waals surface area contributed by atoms with E-state index in [2.05, 4.69) is 4.98 Å². The van der Waals surface area contributed by atoms with Crippen molar-refractivity contribution in [1.82, 2.24) is 4.98 Å². The van der Waals surface area contributed by atoms with Crippen molar-refractivity contribution in [2.45, 2.75) is 6.92 Å². The van der Waals surface area contributed by atoms with Crippen molar-refractivity contribution in [2.75, 3.05) is 0 Å². The van der Waals surface area contributed by atoms with Crippen LogP contribution in [0.15, 0.2) is 22.3 Å². The molecule has 2 heterocycles. The van der Waals surface area contributed by atoms with Gasteiger partial charge in [-0.1, -0.05) is 17.4 Å². The third kappa shape index (κ3) is 1.23. The molecule has 0 aliphatic heterocycles. The summed E-state index contributed by atoms with van der Waals surface area (Å²) >= 11 is 2.90. The number of thiophene rings is 1. The van der Waals surface area contributed by atoms with Gasteiger partial charge in [-0.15, -0.1) is 11.3 Å². The van der Waals surface area contributed by atoms with Crippen molar-refractivity contribution in [3.63, 3.8) is 0 Å². The van der Waals surface area contributed by atoms with E-state index < -0.39 is 0 Å². The van der Waals surface area contributed by atoms with Crippen LogP contribution in [0.25, 0.3) is 10.6 Å². The maximum atomic E-state index is 11.0. The van der Waals surface area contributed by atoms with Crippen molar-refractivity contribution >= 4 is 22.7 Å². The fourth-order valence-corrected chi connectivity index (χ4v) is 2.60. The van der Waals surface area contributed by atoms with Crippen molar-refractivity contribution in [3.8, 4) is 10.6 Å². The maximum absolute atomic E-state index is 11.0. The molecule has 0 aliphatic carbocycles. The molecule has 0 aliphatic rings. The minimum atomic E-state index is 0.0240. The Balaban J connectivity index is 2.61. The predicted molar refractivity (Wildman–Crippen MR) is 53.0 cm³/mol. The van der Waals surface area contributed by atoms with E-state index in [4.69, 9.17) is 0 Å². The summed E-state index contributed by atoms with van der Waals surface area (Å²) in [7, 11) is 0. The molecule has 2 aromatic heterocycles. The number of hydrogen-bond donors (Lipinski definition) is 1. The second-order valence-corrected chi connectivity index (χ2v) is 4.56. The molecule has 12 heavy (non-hydrogen) atoms. The number of aromatic amines is 1. The van der Waals surface area contributed by atoms with Crippen LogP contribution in [-0.2, 0) is 0 Å². The molecule has 2 aromatic rings. The Labute approximate surface area is 77.5 Å².